The molecule has 0 radical (unpaired) electrons. The molecule has 3 rings (SSSR count). The van der Waals surface area contributed by atoms with Crippen LogP contribution in [0.15, 0.2) is 42.5 Å². The fourth-order valence-electron chi connectivity index (χ4n) is 3.62. The van der Waals surface area contributed by atoms with Crippen LogP contribution >= 0.6 is 0 Å². The molecule has 0 spiro atoms. The van der Waals surface area contributed by atoms with Gasteiger partial charge < -0.3 is 29.7 Å². The van der Waals surface area contributed by atoms with Gasteiger partial charge in [-0.2, -0.15) is 0 Å². The molecule has 7 heteroatoms. The van der Waals surface area contributed by atoms with E-state index in [0.29, 0.717) is 44.4 Å². The highest BCUT2D eigenvalue weighted by Gasteiger charge is 2.21. The average molecular weight is 429 g/mol. The summed E-state index contributed by atoms with van der Waals surface area (Å²) in [6.07, 6.45) is 0. The summed E-state index contributed by atoms with van der Waals surface area (Å²) in [6.45, 7) is 10.3. The Morgan fingerprint density at radius 2 is 1.77 bits per heavy atom. The van der Waals surface area contributed by atoms with Crippen molar-refractivity contribution in [3.8, 4) is 11.5 Å². The standard InChI is InChI=1S/C24H33N3O4/c1-4-30-22-16-21(27-11-13-29-14-12-27)23(31-5-2)15-20(22)26-24(28)17-25-18(3)19-9-7-6-8-10-19/h6-10,15-16,18,25H,4-5,11-14,17H2,1-3H3,(H,26,28)/p+1/t18-/m0/s1. The molecule has 168 valence electrons. The van der Waals surface area contributed by atoms with Crippen LogP contribution in [0.25, 0.3) is 0 Å². The zero-order valence-electron chi connectivity index (χ0n) is 18.7. The first-order valence-corrected chi connectivity index (χ1v) is 11.1. The number of ether oxygens (including phenoxy) is 3. The van der Waals surface area contributed by atoms with Crippen LogP contribution in [0.3, 0.4) is 0 Å². The van der Waals surface area contributed by atoms with E-state index >= 15 is 0 Å². The number of benzene rings is 2. The molecular formula is C24H34N3O4+. The van der Waals surface area contributed by atoms with Crippen molar-refractivity contribution >= 4 is 17.3 Å². The first kappa shape index (κ1) is 22.9. The molecule has 1 heterocycles. The van der Waals surface area contributed by atoms with Crippen molar-refractivity contribution in [1.29, 1.82) is 0 Å². The summed E-state index contributed by atoms with van der Waals surface area (Å²) in [5.74, 6) is 1.31. The number of quaternary nitrogens is 1. The summed E-state index contributed by atoms with van der Waals surface area (Å²) >= 11 is 0. The quantitative estimate of drug-likeness (QED) is 0.608. The molecule has 0 bridgehead atoms. The first-order chi connectivity index (χ1) is 15.1. The van der Waals surface area contributed by atoms with Crippen LogP contribution in [-0.4, -0.2) is 52.0 Å². The van der Waals surface area contributed by atoms with Gasteiger partial charge in [0.15, 0.2) is 6.54 Å². The largest absolute Gasteiger partial charge is 0.492 e. The van der Waals surface area contributed by atoms with Crippen molar-refractivity contribution < 1.29 is 24.3 Å². The van der Waals surface area contributed by atoms with E-state index in [1.165, 1.54) is 5.56 Å². The van der Waals surface area contributed by atoms with Gasteiger partial charge in [-0.15, -0.1) is 0 Å². The van der Waals surface area contributed by atoms with E-state index in [1.54, 1.807) is 0 Å². The third-order valence-electron chi connectivity index (χ3n) is 5.27. The number of hydrogen-bond acceptors (Lipinski definition) is 5. The number of rotatable bonds is 10. The number of nitrogens with zero attached hydrogens (tertiary/aromatic N) is 1. The minimum Gasteiger partial charge on any atom is -0.492 e. The van der Waals surface area contributed by atoms with Gasteiger partial charge in [0, 0.05) is 30.8 Å². The lowest BCUT2D eigenvalue weighted by atomic mass is 10.1. The Hall–Kier alpha value is -2.77. The third kappa shape index (κ3) is 6.35. The predicted octanol–water partition coefficient (Wildman–Crippen LogP) is 2.58. The van der Waals surface area contributed by atoms with Gasteiger partial charge in [-0.3, -0.25) is 4.79 Å². The fraction of sp³-hybridized carbons (Fsp3) is 0.458. The summed E-state index contributed by atoms with van der Waals surface area (Å²) in [7, 11) is 0. The number of carbonyl (C=O) groups is 1. The summed E-state index contributed by atoms with van der Waals surface area (Å²) in [5, 5.41) is 5.04. The highest BCUT2D eigenvalue weighted by Crippen LogP contribution is 2.39. The van der Waals surface area contributed by atoms with Gasteiger partial charge in [0.2, 0.25) is 0 Å². The maximum absolute atomic E-state index is 12.7. The number of hydrogen-bond donors (Lipinski definition) is 2. The Kier molecular flexibility index (Phi) is 8.55. The van der Waals surface area contributed by atoms with Crippen LogP contribution in [0.5, 0.6) is 11.5 Å². The average Bonchev–Trinajstić information content (AvgIpc) is 2.80. The van der Waals surface area contributed by atoms with Crippen molar-refractivity contribution in [3.63, 3.8) is 0 Å². The Labute approximate surface area is 184 Å². The van der Waals surface area contributed by atoms with Crippen molar-refractivity contribution in [2.45, 2.75) is 26.8 Å². The molecule has 7 nitrogen and oxygen atoms in total. The Balaban J connectivity index is 1.73. The summed E-state index contributed by atoms with van der Waals surface area (Å²) < 4.78 is 17.2. The number of morpholine rings is 1. The molecule has 1 fully saturated rings. The molecule has 0 aromatic heterocycles. The molecule has 3 N–H and O–H groups in total. The predicted molar refractivity (Wildman–Crippen MR) is 122 cm³/mol. The van der Waals surface area contributed by atoms with Crippen molar-refractivity contribution in [1.82, 2.24) is 0 Å². The lowest BCUT2D eigenvalue weighted by Crippen LogP contribution is -2.86. The lowest BCUT2D eigenvalue weighted by molar-refractivity contribution is -0.682. The zero-order chi connectivity index (χ0) is 22.1. The molecule has 1 amide bonds. The monoisotopic (exact) mass is 428 g/mol. The fourth-order valence-corrected chi connectivity index (χ4v) is 3.62. The second-order valence-electron chi connectivity index (χ2n) is 7.47. The number of amides is 1. The van der Waals surface area contributed by atoms with Crippen molar-refractivity contribution in [3.05, 3.63) is 48.0 Å². The van der Waals surface area contributed by atoms with Crippen LogP contribution in [0.1, 0.15) is 32.4 Å². The molecule has 1 atom stereocenters. The van der Waals surface area contributed by atoms with Crippen LogP contribution in [-0.2, 0) is 9.53 Å². The van der Waals surface area contributed by atoms with Crippen molar-refractivity contribution in [2.75, 3.05) is 56.3 Å². The highest BCUT2D eigenvalue weighted by molar-refractivity contribution is 5.94. The zero-order valence-corrected chi connectivity index (χ0v) is 18.7. The number of anilines is 2. The lowest BCUT2D eigenvalue weighted by Gasteiger charge is -2.31. The van der Waals surface area contributed by atoms with E-state index in [0.717, 1.165) is 24.5 Å². The molecule has 0 unspecified atom stereocenters. The van der Waals surface area contributed by atoms with Crippen molar-refractivity contribution in [2.24, 2.45) is 0 Å². The molecule has 1 aliphatic rings. The summed E-state index contributed by atoms with van der Waals surface area (Å²) in [6, 6.07) is 14.2. The minimum atomic E-state index is -0.0784. The Morgan fingerprint density at radius 1 is 1.10 bits per heavy atom. The number of nitrogens with one attached hydrogen (secondary N) is 1. The molecule has 2 aromatic rings. The summed E-state index contributed by atoms with van der Waals surface area (Å²) in [4.78, 5) is 14.9. The second-order valence-corrected chi connectivity index (χ2v) is 7.47. The van der Waals surface area contributed by atoms with E-state index in [-0.39, 0.29) is 11.9 Å². The minimum absolute atomic E-state index is 0.0784. The van der Waals surface area contributed by atoms with Gasteiger partial charge in [-0.25, -0.2) is 0 Å². The van der Waals surface area contributed by atoms with Gasteiger partial charge in [-0.1, -0.05) is 30.3 Å². The SMILES string of the molecule is CCOc1cc(N2CCOCC2)c(OCC)cc1NC(=O)C[NH2+][C@@H](C)c1ccccc1. The molecule has 0 saturated carbocycles. The highest BCUT2D eigenvalue weighted by atomic mass is 16.5. The maximum Gasteiger partial charge on any atom is 0.279 e. The van der Waals surface area contributed by atoms with Gasteiger partial charge in [0.25, 0.3) is 5.91 Å². The van der Waals surface area contributed by atoms with Crippen LogP contribution in [0.2, 0.25) is 0 Å². The molecule has 31 heavy (non-hydrogen) atoms. The molecule has 2 aromatic carbocycles. The van der Waals surface area contributed by atoms with E-state index in [1.807, 2.05) is 49.5 Å². The van der Waals surface area contributed by atoms with E-state index in [2.05, 4.69) is 29.3 Å². The molecule has 1 aliphatic heterocycles. The second kappa shape index (κ2) is 11.6. The van der Waals surface area contributed by atoms with Crippen LogP contribution in [0.4, 0.5) is 11.4 Å². The van der Waals surface area contributed by atoms with E-state index in [9.17, 15) is 4.79 Å². The topological polar surface area (TPSA) is 76.6 Å². The first-order valence-electron chi connectivity index (χ1n) is 11.1. The van der Waals surface area contributed by atoms with Crippen LogP contribution in [0, 0.1) is 0 Å². The van der Waals surface area contributed by atoms with E-state index in [4.69, 9.17) is 14.2 Å². The number of nitrogens with two attached hydrogens (primary N) is 1. The van der Waals surface area contributed by atoms with Gasteiger partial charge in [0.05, 0.1) is 37.8 Å². The molecule has 1 saturated heterocycles. The van der Waals surface area contributed by atoms with Gasteiger partial charge in [-0.05, 0) is 20.8 Å². The normalized spacial score (nSPS) is 14.7. The van der Waals surface area contributed by atoms with E-state index < -0.39 is 0 Å². The van der Waals surface area contributed by atoms with Gasteiger partial charge in [0.1, 0.15) is 17.5 Å². The Bertz CT molecular complexity index is 838. The van der Waals surface area contributed by atoms with Gasteiger partial charge >= 0.3 is 0 Å². The third-order valence-corrected chi connectivity index (χ3v) is 5.27. The summed E-state index contributed by atoms with van der Waals surface area (Å²) in [5.41, 5.74) is 2.79. The molecule has 0 aliphatic carbocycles. The number of carbonyl (C=O) groups excluding carboxylic acids is 1. The molecular weight excluding hydrogens is 394 g/mol. The maximum atomic E-state index is 12.7. The smallest absolute Gasteiger partial charge is 0.279 e. The Morgan fingerprint density at radius 3 is 2.45 bits per heavy atom. The van der Waals surface area contributed by atoms with Crippen LogP contribution < -0.4 is 25.0 Å².